The molecule has 1 N–H and O–H groups in total. The van der Waals surface area contributed by atoms with Gasteiger partial charge in [-0.1, -0.05) is 37.5 Å². The molecule has 1 amide bonds. The number of hydrogen-bond donors (Lipinski definition) is 1. The molecule has 1 aromatic heterocycles. The molecule has 9 heteroatoms. The fourth-order valence-electron chi connectivity index (χ4n) is 4.07. The number of aromatic nitrogens is 1. The molecule has 0 spiro atoms. The number of amides is 1. The van der Waals surface area contributed by atoms with Crippen LogP contribution >= 0.6 is 0 Å². The van der Waals surface area contributed by atoms with Crippen LogP contribution in [0, 0.1) is 11.6 Å². The second-order valence-electron chi connectivity index (χ2n) is 7.88. The monoisotopic (exact) mass is 471 g/mol. The molecule has 172 valence electrons. The quantitative estimate of drug-likeness (QED) is 0.540. The van der Waals surface area contributed by atoms with Crippen molar-refractivity contribution in [2.45, 2.75) is 43.0 Å². The van der Waals surface area contributed by atoms with Crippen molar-refractivity contribution >= 4 is 27.4 Å². The van der Waals surface area contributed by atoms with Gasteiger partial charge in [0.25, 0.3) is 15.9 Å². The average molecular weight is 472 g/mol. The summed E-state index contributed by atoms with van der Waals surface area (Å²) in [5.41, 5.74) is 0.114. The highest BCUT2D eigenvalue weighted by atomic mass is 32.2. The Balaban J connectivity index is 1.71. The second-order valence-corrected chi connectivity index (χ2v) is 9.53. The van der Waals surface area contributed by atoms with Crippen LogP contribution in [0.2, 0.25) is 0 Å². The number of nitrogens with one attached hydrogen (secondary N) is 1. The number of para-hydroxylation sites is 1. The maximum Gasteiger partial charge on any atom is 0.264 e. The molecule has 2 aromatic carbocycles. The molecule has 0 saturated heterocycles. The van der Waals surface area contributed by atoms with E-state index < -0.39 is 32.5 Å². The van der Waals surface area contributed by atoms with E-state index in [1.165, 1.54) is 12.1 Å². The van der Waals surface area contributed by atoms with E-state index in [0.29, 0.717) is 11.9 Å². The summed E-state index contributed by atoms with van der Waals surface area (Å²) in [4.78, 5) is 19.0. The SMILES string of the molecule is O=C(c1ccccc1NS(=O)(=O)c1ccc(F)cc1F)N(c1ccccn1)C1CCCCC1. The lowest BCUT2D eigenvalue weighted by Crippen LogP contribution is -2.42. The third kappa shape index (κ3) is 5.03. The number of sulfonamides is 1. The lowest BCUT2D eigenvalue weighted by Gasteiger charge is -2.34. The van der Waals surface area contributed by atoms with E-state index in [-0.39, 0.29) is 17.3 Å². The Morgan fingerprint density at radius 3 is 2.39 bits per heavy atom. The Kier molecular flexibility index (Phi) is 6.69. The minimum Gasteiger partial charge on any atom is -0.290 e. The van der Waals surface area contributed by atoms with Gasteiger partial charge in [0.1, 0.15) is 22.3 Å². The second kappa shape index (κ2) is 9.66. The summed E-state index contributed by atoms with van der Waals surface area (Å²) in [6.07, 6.45) is 6.30. The smallest absolute Gasteiger partial charge is 0.264 e. The number of nitrogens with zero attached hydrogens (tertiary/aromatic N) is 2. The van der Waals surface area contributed by atoms with Gasteiger partial charge in [0.15, 0.2) is 0 Å². The summed E-state index contributed by atoms with van der Waals surface area (Å²) in [7, 11) is -4.41. The van der Waals surface area contributed by atoms with Crippen molar-refractivity contribution in [3.8, 4) is 0 Å². The van der Waals surface area contributed by atoms with Crippen molar-refractivity contribution in [2.75, 3.05) is 9.62 Å². The van der Waals surface area contributed by atoms with Crippen LogP contribution in [0.3, 0.4) is 0 Å². The van der Waals surface area contributed by atoms with Crippen LogP contribution in [0.1, 0.15) is 42.5 Å². The molecule has 33 heavy (non-hydrogen) atoms. The van der Waals surface area contributed by atoms with Gasteiger partial charge in [0.05, 0.1) is 11.3 Å². The van der Waals surface area contributed by atoms with Crippen molar-refractivity contribution in [1.82, 2.24) is 4.98 Å². The fraction of sp³-hybridized carbons (Fsp3) is 0.250. The van der Waals surface area contributed by atoms with Crippen molar-refractivity contribution in [3.05, 3.63) is 84.1 Å². The van der Waals surface area contributed by atoms with Gasteiger partial charge in [0.2, 0.25) is 0 Å². The Labute approximate surface area is 191 Å². The topological polar surface area (TPSA) is 79.4 Å². The first kappa shape index (κ1) is 22.8. The van der Waals surface area contributed by atoms with Gasteiger partial charge in [0, 0.05) is 18.3 Å². The van der Waals surface area contributed by atoms with E-state index in [2.05, 4.69) is 9.71 Å². The first-order valence-corrected chi connectivity index (χ1v) is 12.2. The molecule has 6 nitrogen and oxygen atoms in total. The van der Waals surface area contributed by atoms with Crippen LogP contribution in [-0.2, 0) is 10.0 Å². The molecule has 1 fully saturated rings. The number of rotatable bonds is 6. The van der Waals surface area contributed by atoms with Crippen molar-refractivity contribution in [1.29, 1.82) is 0 Å². The third-order valence-corrected chi connectivity index (χ3v) is 7.04. The van der Waals surface area contributed by atoms with Gasteiger partial charge in [-0.25, -0.2) is 22.2 Å². The number of anilines is 2. The van der Waals surface area contributed by atoms with E-state index in [4.69, 9.17) is 0 Å². The highest BCUT2D eigenvalue weighted by Gasteiger charge is 2.31. The van der Waals surface area contributed by atoms with Gasteiger partial charge in [-0.2, -0.15) is 0 Å². The summed E-state index contributed by atoms with van der Waals surface area (Å²) in [6.45, 7) is 0. The summed E-state index contributed by atoms with van der Waals surface area (Å²) in [6, 6.07) is 13.6. The molecule has 0 aliphatic heterocycles. The minimum atomic E-state index is -4.41. The van der Waals surface area contributed by atoms with Crippen molar-refractivity contribution < 1.29 is 22.0 Å². The van der Waals surface area contributed by atoms with E-state index in [1.807, 2.05) is 0 Å². The number of pyridine rings is 1. The largest absolute Gasteiger partial charge is 0.290 e. The molecular formula is C24H23F2N3O3S. The molecule has 0 bridgehead atoms. The molecule has 1 aliphatic carbocycles. The highest BCUT2D eigenvalue weighted by molar-refractivity contribution is 7.92. The first-order chi connectivity index (χ1) is 15.9. The Hall–Kier alpha value is -3.33. The molecule has 4 rings (SSSR count). The maximum atomic E-state index is 14.2. The van der Waals surface area contributed by atoms with E-state index >= 15 is 0 Å². The zero-order valence-corrected chi connectivity index (χ0v) is 18.6. The Morgan fingerprint density at radius 2 is 1.70 bits per heavy atom. The van der Waals surface area contributed by atoms with Crippen LogP contribution in [0.4, 0.5) is 20.3 Å². The van der Waals surface area contributed by atoms with Crippen LogP contribution in [0.5, 0.6) is 0 Å². The molecule has 1 aliphatic rings. The van der Waals surface area contributed by atoms with E-state index in [1.54, 1.807) is 41.4 Å². The summed E-state index contributed by atoms with van der Waals surface area (Å²) >= 11 is 0. The number of benzene rings is 2. The molecular weight excluding hydrogens is 448 g/mol. The molecule has 0 unspecified atom stereocenters. The van der Waals surface area contributed by atoms with Gasteiger partial charge >= 0.3 is 0 Å². The zero-order chi connectivity index (χ0) is 23.4. The van der Waals surface area contributed by atoms with E-state index in [9.17, 15) is 22.0 Å². The molecule has 0 radical (unpaired) electrons. The first-order valence-electron chi connectivity index (χ1n) is 10.7. The van der Waals surface area contributed by atoms with Gasteiger partial charge in [-0.05, 0) is 49.2 Å². The lowest BCUT2D eigenvalue weighted by atomic mass is 9.93. The van der Waals surface area contributed by atoms with Gasteiger partial charge in [-0.15, -0.1) is 0 Å². The summed E-state index contributed by atoms with van der Waals surface area (Å²) in [5.74, 6) is -2.03. The molecule has 1 saturated carbocycles. The standard InChI is InChI=1S/C24H23F2N3O3S/c25-17-13-14-22(20(26)16-17)33(31,32)28-21-11-5-4-10-19(21)24(30)29(18-8-2-1-3-9-18)23-12-6-7-15-27-23/h4-7,10-16,18,28H,1-3,8-9H2. The van der Waals surface area contributed by atoms with Crippen LogP contribution in [0.15, 0.2) is 71.8 Å². The molecule has 0 atom stereocenters. The number of halogens is 2. The number of hydrogen-bond acceptors (Lipinski definition) is 4. The normalized spacial score (nSPS) is 14.6. The predicted octanol–water partition coefficient (Wildman–Crippen LogP) is 5.14. The molecule has 1 heterocycles. The van der Waals surface area contributed by atoms with Crippen LogP contribution in [-0.4, -0.2) is 25.4 Å². The lowest BCUT2D eigenvalue weighted by molar-refractivity contribution is 0.0970. The van der Waals surface area contributed by atoms with Gasteiger partial charge in [-0.3, -0.25) is 14.4 Å². The predicted molar refractivity (Wildman–Crippen MR) is 122 cm³/mol. The maximum absolute atomic E-state index is 14.2. The Bertz CT molecular complexity index is 1250. The van der Waals surface area contributed by atoms with Crippen molar-refractivity contribution in [3.63, 3.8) is 0 Å². The minimum absolute atomic E-state index is 0.00275. The van der Waals surface area contributed by atoms with E-state index in [0.717, 1.165) is 44.2 Å². The Morgan fingerprint density at radius 1 is 0.970 bits per heavy atom. The van der Waals surface area contributed by atoms with Crippen LogP contribution < -0.4 is 9.62 Å². The number of carbonyl (C=O) groups excluding carboxylic acids is 1. The fourth-order valence-corrected chi connectivity index (χ4v) is 5.21. The highest BCUT2D eigenvalue weighted by Crippen LogP contribution is 2.30. The summed E-state index contributed by atoms with van der Waals surface area (Å²) in [5, 5.41) is 0. The third-order valence-electron chi connectivity index (χ3n) is 5.64. The van der Waals surface area contributed by atoms with Crippen molar-refractivity contribution in [2.24, 2.45) is 0 Å². The van der Waals surface area contributed by atoms with Gasteiger partial charge < -0.3 is 0 Å². The zero-order valence-electron chi connectivity index (χ0n) is 17.7. The average Bonchev–Trinajstić information content (AvgIpc) is 2.80. The molecule has 3 aromatic rings. The van der Waals surface area contributed by atoms with Crippen LogP contribution in [0.25, 0.3) is 0 Å². The summed E-state index contributed by atoms with van der Waals surface area (Å²) < 4.78 is 55.4. The number of carbonyl (C=O) groups is 1.